The molecule has 0 saturated heterocycles. The van der Waals surface area contributed by atoms with Gasteiger partial charge in [-0.2, -0.15) is 0 Å². The first-order valence-corrected chi connectivity index (χ1v) is 7.30. The predicted octanol–water partition coefficient (Wildman–Crippen LogP) is 4.05. The third-order valence-corrected chi connectivity index (χ3v) is 4.04. The average molecular weight is 400 g/mol. The Hall–Kier alpha value is -1.53. The lowest BCUT2D eigenvalue weighted by molar-refractivity contribution is 0.102. The Labute approximate surface area is 133 Å². The smallest absolute Gasteiger partial charge is 0.256 e. The maximum Gasteiger partial charge on any atom is 0.256 e. The van der Waals surface area contributed by atoms with Gasteiger partial charge in [0.05, 0.1) is 18.4 Å². The fourth-order valence-corrected chi connectivity index (χ4v) is 2.41. The summed E-state index contributed by atoms with van der Waals surface area (Å²) in [5, 5.41) is 2.82. The van der Waals surface area contributed by atoms with Gasteiger partial charge in [0.2, 0.25) is 0 Å². The van der Waals surface area contributed by atoms with Gasteiger partial charge in [0.15, 0.2) is 0 Å². The second-order valence-electron chi connectivity index (χ2n) is 4.04. The number of carbonyl (C=O) groups excluding carboxylic acids is 1. The number of hydrogen-bond donors (Lipinski definition) is 2. The van der Waals surface area contributed by atoms with Crippen LogP contribution >= 0.6 is 31.9 Å². The number of methoxy groups -OCH3 is 1. The van der Waals surface area contributed by atoms with E-state index < -0.39 is 0 Å². The van der Waals surface area contributed by atoms with E-state index in [1.165, 1.54) is 0 Å². The minimum Gasteiger partial charge on any atom is -0.497 e. The van der Waals surface area contributed by atoms with E-state index in [2.05, 4.69) is 37.2 Å². The fraction of sp³-hybridized carbons (Fsp3) is 0.0714. The van der Waals surface area contributed by atoms with Crippen molar-refractivity contribution in [3.05, 3.63) is 50.9 Å². The molecule has 0 fully saturated rings. The van der Waals surface area contributed by atoms with Gasteiger partial charge in [0.1, 0.15) is 5.75 Å². The maximum atomic E-state index is 12.3. The molecule has 0 aliphatic heterocycles. The third-order valence-electron chi connectivity index (χ3n) is 2.66. The maximum absolute atomic E-state index is 12.3. The monoisotopic (exact) mass is 398 g/mol. The van der Waals surface area contributed by atoms with Crippen LogP contribution in [-0.4, -0.2) is 13.0 Å². The normalized spacial score (nSPS) is 10.2. The summed E-state index contributed by atoms with van der Waals surface area (Å²) < 4.78 is 6.59. The van der Waals surface area contributed by atoms with E-state index in [9.17, 15) is 4.79 Å². The lowest BCUT2D eigenvalue weighted by atomic mass is 10.2. The number of ether oxygens (including phenoxy) is 1. The number of nitrogens with two attached hydrogens (primary N) is 1. The first-order valence-electron chi connectivity index (χ1n) is 5.71. The highest BCUT2D eigenvalue weighted by Crippen LogP contribution is 2.28. The molecule has 0 radical (unpaired) electrons. The van der Waals surface area contributed by atoms with Crippen LogP contribution in [0.1, 0.15) is 10.4 Å². The van der Waals surface area contributed by atoms with Crippen LogP contribution in [0, 0.1) is 0 Å². The number of anilines is 2. The van der Waals surface area contributed by atoms with Crippen molar-refractivity contribution in [3.8, 4) is 5.75 Å². The van der Waals surface area contributed by atoms with Gasteiger partial charge in [-0.1, -0.05) is 0 Å². The van der Waals surface area contributed by atoms with E-state index in [4.69, 9.17) is 10.5 Å². The molecule has 2 aromatic rings. The van der Waals surface area contributed by atoms with Crippen LogP contribution < -0.4 is 15.8 Å². The molecule has 0 heterocycles. The quantitative estimate of drug-likeness (QED) is 0.765. The molecule has 4 nitrogen and oxygen atoms in total. The first kappa shape index (κ1) is 14.9. The third kappa shape index (κ3) is 3.32. The zero-order valence-corrected chi connectivity index (χ0v) is 13.8. The highest BCUT2D eigenvalue weighted by molar-refractivity contribution is 9.11. The van der Waals surface area contributed by atoms with E-state index in [1.807, 2.05) is 6.07 Å². The molecule has 0 saturated carbocycles. The number of hydrogen-bond acceptors (Lipinski definition) is 3. The molecule has 0 aromatic heterocycles. The van der Waals surface area contributed by atoms with Crippen LogP contribution in [0.25, 0.3) is 0 Å². The van der Waals surface area contributed by atoms with Gasteiger partial charge in [-0.15, -0.1) is 0 Å². The second kappa shape index (κ2) is 6.28. The molecule has 0 spiro atoms. The number of benzene rings is 2. The number of rotatable bonds is 3. The average Bonchev–Trinajstić information content (AvgIpc) is 2.43. The Bertz CT molecular complexity index is 660. The molecular formula is C14H12Br2N2O2. The molecule has 0 bridgehead atoms. The largest absolute Gasteiger partial charge is 0.497 e. The van der Waals surface area contributed by atoms with Crippen LogP contribution in [0.2, 0.25) is 0 Å². The number of amides is 1. The van der Waals surface area contributed by atoms with Crippen molar-refractivity contribution in [3.63, 3.8) is 0 Å². The van der Waals surface area contributed by atoms with Gasteiger partial charge in [0.25, 0.3) is 5.91 Å². The highest BCUT2D eigenvalue weighted by Gasteiger charge is 2.12. The van der Waals surface area contributed by atoms with Crippen LogP contribution in [0.4, 0.5) is 11.4 Å². The molecule has 20 heavy (non-hydrogen) atoms. The number of carbonyl (C=O) groups is 1. The lowest BCUT2D eigenvalue weighted by Gasteiger charge is -2.10. The molecule has 2 rings (SSSR count). The summed E-state index contributed by atoms with van der Waals surface area (Å²) in [4.78, 5) is 12.3. The number of halogens is 2. The van der Waals surface area contributed by atoms with E-state index >= 15 is 0 Å². The molecule has 0 aliphatic rings. The molecular weight excluding hydrogens is 388 g/mol. The van der Waals surface area contributed by atoms with Crippen LogP contribution in [0.5, 0.6) is 5.75 Å². The topological polar surface area (TPSA) is 64.3 Å². The SMILES string of the molecule is COc1ccc(Br)c(NC(=O)c2cc(N)ccc2Br)c1. The zero-order chi connectivity index (χ0) is 14.7. The van der Waals surface area contributed by atoms with Crippen molar-refractivity contribution in [2.45, 2.75) is 0 Å². The molecule has 6 heteroatoms. The molecule has 0 aliphatic carbocycles. The highest BCUT2D eigenvalue weighted by atomic mass is 79.9. The molecule has 1 amide bonds. The summed E-state index contributed by atoms with van der Waals surface area (Å²) >= 11 is 6.73. The molecule has 3 N–H and O–H groups in total. The van der Waals surface area contributed by atoms with Gasteiger partial charge < -0.3 is 15.8 Å². The molecule has 2 aromatic carbocycles. The lowest BCUT2D eigenvalue weighted by Crippen LogP contribution is -2.13. The summed E-state index contributed by atoms with van der Waals surface area (Å²) in [5.41, 5.74) is 7.34. The van der Waals surface area contributed by atoms with Crippen molar-refractivity contribution < 1.29 is 9.53 Å². The summed E-state index contributed by atoms with van der Waals surface area (Å²) in [5.74, 6) is 0.410. The zero-order valence-electron chi connectivity index (χ0n) is 10.6. The second-order valence-corrected chi connectivity index (χ2v) is 5.75. The van der Waals surface area contributed by atoms with E-state index in [1.54, 1.807) is 37.4 Å². The van der Waals surface area contributed by atoms with Gasteiger partial charge in [-0.25, -0.2) is 0 Å². The minimum atomic E-state index is -0.252. The van der Waals surface area contributed by atoms with Crippen molar-refractivity contribution >= 4 is 49.1 Å². The van der Waals surface area contributed by atoms with E-state index in [0.717, 1.165) is 4.47 Å². The standard InChI is InChI=1S/C14H12Br2N2O2/c1-20-9-3-5-12(16)13(7-9)18-14(19)10-6-8(17)2-4-11(10)15/h2-7H,17H2,1H3,(H,18,19). The van der Waals surface area contributed by atoms with Crippen LogP contribution in [0.15, 0.2) is 45.3 Å². The Morgan fingerprint density at radius 1 is 1.15 bits per heavy atom. The van der Waals surface area contributed by atoms with Gasteiger partial charge in [-0.3, -0.25) is 4.79 Å². The molecule has 0 atom stereocenters. The van der Waals surface area contributed by atoms with E-state index in [0.29, 0.717) is 27.2 Å². The Kier molecular flexibility index (Phi) is 4.67. The van der Waals surface area contributed by atoms with Gasteiger partial charge in [0, 0.05) is 20.7 Å². The summed E-state index contributed by atoms with van der Waals surface area (Å²) in [6.45, 7) is 0. The van der Waals surface area contributed by atoms with Gasteiger partial charge >= 0.3 is 0 Å². The predicted molar refractivity (Wildman–Crippen MR) is 87.2 cm³/mol. The van der Waals surface area contributed by atoms with E-state index in [-0.39, 0.29) is 5.91 Å². The van der Waals surface area contributed by atoms with Crippen LogP contribution in [-0.2, 0) is 0 Å². The fourth-order valence-electron chi connectivity index (χ4n) is 1.63. The summed E-state index contributed by atoms with van der Waals surface area (Å²) in [6.07, 6.45) is 0. The Balaban J connectivity index is 2.30. The minimum absolute atomic E-state index is 0.252. The van der Waals surface area contributed by atoms with Crippen LogP contribution in [0.3, 0.4) is 0 Å². The Morgan fingerprint density at radius 3 is 2.55 bits per heavy atom. The summed E-state index contributed by atoms with van der Waals surface area (Å²) in [7, 11) is 1.57. The van der Waals surface area contributed by atoms with Crippen molar-refractivity contribution in [1.82, 2.24) is 0 Å². The van der Waals surface area contributed by atoms with Crippen molar-refractivity contribution in [2.24, 2.45) is 0 Å². The summed E-state index contributed by atoms with van der Waals surface area (Å²) in [6, 6.07) is 10.4. The number of nitrogens with one attached hydrogen (secondary N) is 1. The Morgan fingerprint density at radius 2 is 1.85 bits per heavy atom. The van der Waals surface area contributed by atoms with Gasteiger partial charge in [-0.05, 0) is 62.2 Å². The van der Waals surface area contributed by atoms with Crippen molar-refractivity contribution in [2.75, 3.05) is 18.2 Å². The number of nitrogen functional groups attached to an aromatic ring is 1. The van der Waals surface area contributed by atoms with Crippen molar-refractivity contribution in [1.29, 1.82) is 0 Å². The molecule has 0 unspecified atom stereocenters. The molecule has 104 valence electrons. The first-order chi connectivity index (χ1) is 9.51.